The second kappa shape index (κ2) is 6.25. The predicted molar refractivity (Wildman–Crippen MR) is 98.6 cm³/mol. The number of fused-ring (bicyclic) bond motifs is 5. The fourth-order valence-electron chi connectivity index (χ4n) is 7.83. The average molecular weight is 335 g/mol. The largest absolute Gasteiger partial charge is 0.393 e. The number of aliphatic hydroxyl groups excluding tert-OH is 1. The molecule has 0 saturated heterocycles. The van der Waals surface area contributed by atoms with E-state index < -0.39 is 0 Å². The zero-order valence-electron chi connectivity index (χ0n) is 15.8. The number of hydrogen-bond acceptors (Lipinski definition) is 3. The Morgan fingerprint density at radius 1 is 0.958 bits per heavy atom. The van der Waals surface area contributed by atoms with Gasteiger partial charge >= 0.3 is 0 Å². The summed E-state index contributed by atoms with van der Waals surface area (Å²) in [5.74, 6) is 3.54. The highest BCUT2D eigenvalue weighted by atomic mass is 16.3. The third-order valence-electron chi connectivity index (χ3n) is 9.17. The van der Waals surface area contributed by atoms with Crippen molar-refractivity contribution in [1.29, 1.82) is 0 Å². The van der Waals surface area contributed by atoms with E-state index >= 15 is 0 Å². The predicted octanol–water partition coefficient (Wildman–Crippen LogP) is 3.31. The van der Waals surface area contributed by atoms with E-state index in [0.717, 1.165) is 49.6 Å². The lowest BCUT2D eigenvalue weighted by atomic mass is 9.45. The summed E-state index contributed by atoms with van der Waals surface area (Å²) in [6, 6.07) is 0.686. The van der Waals surface area contributed by atoms with Gasteiger partial charge in [0, 0.05) is 19.1 Å². The third-order valence-corrected chi connectivity index (χ3v) is 9.17. The number of hydrogen-bond donors (Lipinski definition) is 3. The molecular formula is C21H38N2O. The van der Waals surface area contributed by atoms with Crippen molar-refractivity contribution in [3.05, 3.63) is 0 Å². The van der Waals surface area contributed by atoms with Crippen LogP contribution in [-0.2, 0) is 0 Å². The van der Waals surface area contributed by atoms with Crippen molar-refractivity contribution in [3.63, 3.8) is 0 Å². The Morgan fingerprint density at radius 3 is 2.50 bits per heavy atom. The molecule has 0 bridgehead atoms. The Morgan fingerprint density at radius 2 is 1.71 bits per heavy atom. The van der Waals surface area contributed by atoms with Crippen molar-refractivity contribution in [2.75, 3.05) is 13.1 Å². The highest BCUT2D eigenvalue weighted by Gasteiger charge is 2.59. The minimum absolute atomic E-state index is 0.0233. The maximum absolute atomic E-state index is 10.1. The summed E-state index contributed by atoms with van der Waals surface area (Å²) < 4.78 is 0. The van der Waals surface area contributed by atoms with Gasteiger partial charge in [-0.2, -0.15) is 0 Å². The molecule has 4 N–H and O–H groups in total. The molecule has 3 heteroatoms. The van der Waals surface area contributed by atoms with Gasteiger partial charge in [-0.3, -0.25) is 0 Å². The lowest BCUT2D eigenvalue weighted by Gasteiger charge is -2.61. The fraction of sp³-hybridized carbons (Fsp3) is 1.00. The molecule has 4 fully saturated rings. The molecule has 4 rings (SSSR count). The first-order chi connectivity index (χ1) is 11.5. The van der Waals surface area contributed by atoms with E-state index in [9.17, 15) is 5.11 Å². The summed E-state index contributed by atoms with van der Waals surface area (Å²) in [6.07, 6.45) is 11.7. The molecule has 24 heavy (non-hydrogen) atoms. The zero-order chi connectivity index (χ0) is 16.9. The second-order valence-electron chi connectivity index (χ2n) is 10.0. The SMILES string of the molecule is C[C@@]12CC[C@H]3[C@@H](CC[C@H]4C[C@@H](O)CC[C@]43C)[C@H]1CC[C@@H]2NCCN. The van der Waals surface area contributed by atoms with Gasteiger partial charge in [0.05, 0.1) is 6.10 Å². The van der Waals surface area contributed by atoms with Crippen LogP contribution < -0.4 is 11.1 Å². The Hall–Kier alpha value is -0.120. The molecule has 0 aromatic heterocycles. The normalized spacial score (nSPS) is 54.0. The van der Waals surface area contributed by atoms with Crippen molar-refractivity contribution in [2.45, 2.75) is 83.8 Å². The fourth-order valence-corrected chi connectivity index (χ4v) is 7.83. The first-order valence-corrected chi connectivity index (χ1v) is 10.6. The highest BCUT2D eigenvalue weighted by Crippen LogP contribution is 2.66. The highest BCUT2D eigenvalue weighted by molar-refractivity contribution is 5.10. The van der Waals surface area contributed by atoms with Crippen molar-refractivity contribution >= 4 is 0 Å². The van der Waals surface area contributed by atoms with Gasteiger partial charge in [0.25, 0.3) is 0 Å². The van der Waals surface area contributed by atoms with E-state index in [1.165, 1.54) is 44.9 Å². The topological polar surface area (TPSA) is 58.3 Å². The smallest absolute Gasteiger partial charge is 0.0543 e. The number of rotatable bonds is 3. The van der Waals surface area contributed by atoms with Crippen LogP contribution in [0.5, 0.6) is 0 Å². The quantitative estimate of drug-likeness (QED) is 0.742. The lowest BCUT2D eigenvalue weighted by molar-refractivity contribution is -0.123. The monoisotopic (exact) mass is 334 g/mol. The van der Waals surface area contributed by atoms with E-state index in [1.54, 1.807) is 0 Å². The summed E-state index contributed by atoms with van der Waals surface area (Å²) in [6.45, 7) is 6.89. The molecule has 0 aromatic rings. The summed E-state index contributed by atoms with van der Waals surface area (Å²) in [5.41, 5.74) is 6.74. The Labute approximate surface area is 148 Å². The van der Waals surface area contributed by atoms with Crippen LogP contribution in [-0.4, -0.2) is 30.3 Å². The summed E-state index contributed by atoms with van der Waals surface area (Å²) >= 11 is 0. The Balaban J connectivity index is 1.54. The molecule has 4 aliphatic rings. The van der Waals surface area contributed by atoms with E-state index in [-0.39, 0.29) is 6.10 Å². The van der Waals surface area contributed by atoms with Gasteiger partial charge < -0.3 is 16.2 Å². The van der Waals surface area contributed by atoms with Crippen LogP contribution in [0.15, 0.2) is 0 Å². The molecule has 0 aromatic carbocycles. The Kier molecular flexibility index (Phi) is 4.50. The van der Waals surface area contributed by atoms with Gasteiger partial charge in [-0.15, -0.1) is 0 Å². The molecule has 0 spiro atoms. The number of aliphatic hydroxyl groups is 1. The maximum Gasteiger partial charge on any atom is 0.0543 e. The minimum atomic E-state index is -0.0233. The zero-order valence-corrected chi connectivity index (χ0v) is 15.8. The number of nitrogens with one attached hydrogen (secondary N) is 1. The molecule has 0 aliphatic heterocycles. The van der Waals surface area contributed by atoms with Crippen LogP contribution in [0.25, 0.3) is 0 Å². The molecule has 0 radical (unpaired) electrons. The van der Waals surface area contributed by atoms with Gasteiger partial charge in [-0.05, 0) is 92.3 Å². The van der Waals surface area contributed by atoms with E-state index in [1.807, 2.05) is 0 Å². The summed E-state index contributed by atoms with van der Waals surface area (Å²) in [5, 5.41) is 13.9. The summed E-state index contributed by atoms with van der Waals surface area (Å²) in [7, 11) is 0. The molecule has 4 saturated carbocycles. The van der Waals surface area contributed by atoms with Crippen molar-refractivity contribution < 1.29 is 5.11 Å². The van der Waals surface area contributed by atoms with Crippen LogP contribution in [0.2, 0.25) is 0 Å². The average Bonchev–Trinajstić information content (AvgIpc) is 2.90. The van der Waals surface area contributed by atoms with Crippen LogP contribution >= 0.6 is 0 Å². The maximum atomic E-state index is 10.1. The van der Waals surface area contributed by atoms with Crippen LogP contribution in [0, 0.1) is 34.5 Å². The Bertz CT molecular complexity index is 469. The van der Waals surface area contributed by atoms with E-state index in [4.69, 9.17) is 5.73 Å². The van der Waals surface area contributed by atoms with Crippen molar-refractivity contribution in [2.24, 2.45) is 40.2 Å². The lowest BCUT2D eigenvalue weighted by Crippen LogP contribution is -2.56. The van der Waals surface area contributed by atoms with Crippen LogP contribution in [0.1, 0.15) is 71.6 Å². The van der Waals surface area contributed by atoms with Crippen molar-refractivity contribution in [1.82, 2.24) is 5.32 Å². The first kappa shape index (κ1) is 17.3. The van der Waals surface area contributed by atoms with E-state index in [2.05, 4.69) is 19.2 Å². The summed E-state index contributed by atoms with van der Waals surface area (Å²) in [4.78, 5) is 0. The molecule has 0 unspecified atom stereocenters. The van der Waals surface area contributed by atoms with Crippen LogP contribution in [0.4, 0.5) is 0 Å². The molecule has 4 aliphatic carbocycles. The molecule has 8 atom stereocenters. The number of nitrogens with two attached hydrogens (primary N) is 1. The molecular weight excluding hydrogens is 296 g/mol. The van der Waals surface area contributed by atoms with Gasteiger partial charge in [0.15, 0.2) is 0 Å². The third kappa shape index (κ3) is 2.49. The molecule has 0 heterocycles. The minimum Gasteiger partial charge on any atom is -0.393 e. The molecule has 138 valence electrons. The van der Waals surface area contributed by atoms with Gasteiger partial charge in [0.2, 0.25) is 0 Å². The van der Waals surface area contributed by atoms with Crippen molar-refractivity contribution in [3.8, 4) is 0 Å². The second-order valence-corrected chi connectivity index (χ2v) is 10.0. The molecule has 0 amide bonds. The molecule has 3 nitrogen and oxygen atoms in total. The first-order valence-electron chi connectivity index (χ1n) is 10.6. The van der Waals surface area contributed by atoms with E-state index in [0.29, 0.717) is 16.9 Å². The van der Waals surface area contributed by atoms with Gasteiger partial charge in [-0.25, -0.2) is 0 Å². The van der Waals surface area contributed by atoms with Gasteiger partial charge in [0.1, 0.15) is 0 Å². The van der Waals surface area contributed by atoms with Crippen LogP contribution in [0.3, 0.4) is 0 Å². The van der Waals surface area contributed by atoms with Gasteiger partial charge in [-0.1, -0.05) is 13.8 Å². The standard InChI is InChI=1S/C21H38N2O/c1-20-9-7-15(24)13-14(20)3-4-16-17-5-6-19(23-12-11-22)21(17,2)10-8-18(16)20/h14-19,23-24H,3-13,22H2,1-2H3/t14-,15-,16-,17+,18-,19-,20+,21+/m0/s1.